The number of hydrogen-bond donors (Lipinski definition) is 3. The molecular weight excluding hydrogens is 266 g/mol. The van der Waals surface area contributed by atoms with E-state index in [4.69, 9.17) is 5.73 Å². The SMILES string of the molecule is CC(=O)Nc1ccc(C)c(NC(=O)C(CN)CC(C)C)c1. The quantitative estimate of drug-likeness (QED) is 0.753. The van der Waals surface area contributed by atoms with Crippen LogP contribution in [0.15, 0.2) is 18.2 Å². The van der Waals surface area contributed by atoms with Crippen molar-refractivity contribution in [3.05, 3.63) is 23.8 Å². The Balaban J connectivity index is 2.85. The third-order valence-corrected chi connectivity index (χ3v) is 3.23. The molecule has 1 unspecified atom stereocenters. The lowest BCUT2D eigenvalue weighted by molar-refractivity contribution is -0.120. The Morgan fingerprint density at radius 3 is 2.43 bits per heavy atom. The highest BCUT2D eigenvalue weighted by Crippen LogP contribution is 2.22. The molecular formula is C16H25N3O2. The molecule has 5 heteroatoms. The molecule has 0 saturated heterocycles. The second-order valence-electron chi connectivity index (χ2n) is 5.76. The van der Waals surface area contributed by atoms with Gasteiger partial charge < -0.3 is 16.4 Å². The van der Waals surface area contributed by atoms with E-state index in [0.717, 1.165) is 12.0 Å². The third kappa shape index (κ3) is 5.55. The first-order valence-corrected chi connectivity index (χ1v) is 7.22. The first-order chi connectivity index (χ1) is 9.83. The molecule has 0 aliphatic carbocycles. The first kappa shape index (κ1) is 17.2. The Morgan fingerprint density at radius 2 is 1.90 bits per heavy atom. The number of nitrogens with one attached hydrogen (secondary N) is 2. The summed E-state index contributed by atoms with van der Waals surface area (Å²) >= 11 is 0. The van der Waals surface area contributed by atoms with Gasteiger partial charge in [0.05, 0.1) is 5.92 Å². The molecule has 1 atom stereocenters. The van der Waals surface area contributed by atoms with E-state index in [1.54, 1.807) is 12.1 Å². The molecule has 0 aromatic heterocycles. The summed E-state index contributed by atoms with van der Waals surface area (Å²) in [6.45, 7) is 7.82. The van der Waals surface area contributed by atoms with Crippen LogP contribution in [-0.2, 0) is 9.59 Å². The van der Waals surface area contributed by atoms with Crippen molar-refractivity contribution in [2.75, 3.05) is 17.2 Å². The molecule has 21 heavy (non-hydrogen) atoms. The number of hydrogen-bond acceptors (Lipinski definition) is 3. The first-order valence-electron chi connectivity index (χ1n) is 7.22. The summed E-state index contributed by atoms with van der Waals surface area (Å²) in [5.74, 6) is -0.00465. The van der Waals surface area contributed by atoms with Crippen LogP contribution in [0.25, 0.3) is 0 Å². The summed E-state index contributed by atoms with van der Waals surface area (Å²) in [4.78, 5) is 23.4. The predicted octanol–water partition coefficient (Wildman–Crippen LogP) is 2.51. The zero-order valence-electron chi connectivity index (χ0n) is 13.2. The molecule has 0 aliphatic heterocycles. The number of aryl methyl sites for hydroxylation is 1. The number of rotatable bonds is 6. The maximum Gasteiger partial charge on any atom is 0.228 e. The zero-order chi connectivity index (χ0) is 16.0. The van der Waals surface area contributed by atoms with E-state index in [1.165, 1.54) is 6.92 Å². The van der Waals surface area contributed by atoms with Gasteiger partial charge in [-0.2, -0.15) is 0 Å². The molecule has 0 radical (unpaired) electrons. The monoisotopic (exact) mass is 291 g/mol. The average Bonchev–Trinajstić information content (AvgIpc) is 2.38. The van der Waals surface area contributed by atoms with Gasteiger partial charge in [-0.3, -0.25) is 9.59 Å². The van der Waals surface area contributed by atoms with Crippen LogP contribution >= 0.6 is 0 Å². The van der Waals surface area contributed by atoms with Crippen molar-refractivity contribution in [1.29, 1.82) is 0 Å². The predicted molar refractivity (Wildman–Crippen MR) is 86.1 cm³/mol. The summed E-state index contributed by atoms with van der Waals surface area (Å²) in [6.07, 6.45) is 0.757. The molecule has 0 saturated carbocycles. The summed E-state index contributed by atoms with van der Waals surface area (Å²) in [6, 6.07) is 5.43. The number of carbonyl (C=O) groups excluding carboxylic acids is 2. The van der Waals surface area contributed by atoms with Crippen molar-refractivity contribution < 1.29 is 9.59 Å². The second kappa shape index (κ2) is 7.78. The van der Waals surface area contributed by atoms with Crippen LogP contribution in [0.1, 0.15) is 32.8 Å². The van der Waals surface area contributed by atoms with Crippen LogP contribution in [0.3, 0.4) is 0 Å². The van der Waals surface area contributed by atoms with E-state index >= 15 is 0 Å². The van der Waals surface area contributed by atoms with Gasteiger partial charge in [-0.05, 0) is 37.0 Å². The molecule has 2 amide bonds. The number of nitrogens with two attached hydrogens (primary N) is 1. The van der Waals surface area contributed by atoms with Crippen LogP contribution in [0.2, 0.25) is 0 Å². The topological polar surface area (TPSA) is 84.2 Å². The minimum absolute atomic E-state index is 0.0747. The van der Waals surface area contributed by atoms with Crippen molar-refractivity contribution in [3.63, 3.8) is 0 Å². The number of amides is 2. The Bertz CT molecular complexity index is 512. The van der Waals surface area contributed by atoms with E-state index in [2.05, 4.69) is 24.5 Å². The maximum absolute atomic E-state index is 12.3. The molecule has 0 aliphatic rings. The summed E-state index contributed by atoms with van der Waals surface area (Å²) < 4.78 is 0. The van der Waals surface area contributed by atoms with Crippen molar-refractivity contribution in [2.24, 2.45) is 17.6 Å². The molecule has 0 heterocycles. The molecule has 4 N–H and O–H groups in total. The van der Waals surface area contributed by atoms with Crippen molar-refractivity contribution >= 4 is 23.2 Å². The van der Waals surface area contributed by atoms with Gasteiger partial charge in [0.15, 0.2) is 0 Å². The fourth-order valence-corrected chi connectivity index (χ4v) is 2.15. The normalized spacial score (nSPS) is 12.1. The highest BCUT2D eigenvalue weighted by Gasteiger charge is 2.19. The minimum atomic E-state index is -0.200. The lowest BCUT2D eigenvalue weighted by atomic mass is 9.96. The Morgan fingerprint density at radius 1 is 1.24 bits per heavy atom. The van der Waals surface area contributed by atoms with Crippen LogP contribution in [-0.4, -0.2) is 18.4 Å². The van der Waals surface area contributed by atoms with Gasteiger partial charge >= 0.3 is 0 Å². The van der Waals surface area contributed by atoms with Crippen LogP contribution < -0.4 is 16.4 Å². The van der Waals surface area contributed by atoms with Crippen LogP contribution in [0.5, 0.6) is 0 Å². The maximum atomic E-state index is 12.3. The van der Waals surface area contributed by atoms with Gasteiger partial charge in [-0.25, -0.2) is 0 Å². The molecule has 0 spiro atoms. The van der Waals surface area contributed by atoms with Gasteiger partial charge in [0.25, 0.3) is 0 Å². The number of carbonyl (C=O) groups is 2. The van der Waals surface area contributed by atoms with Crippen molar-refractivity contribution in [2.45, 2.75) is 34.1 Å². The molecule has 1 aromatic rings. The van der Waals surface area contributed by atoms with E-state index in [1.807, 2.05) is 13.0 Å². The lowest BCUT2D eigenvalue weighted by Gasteiger charge is -2.18. The smallest absolute Gasteiger partial charge is 0.228 e. The molecule has 116 valence electrons. The Hall–Kier alpha value is -1.88. The number of anilines is 2. The van der Waals surface area contributed by atoms with E-state index in [9.17, 15) is 9.59 Å². The highest BCUT2D eigenvalue weighted by atomic mass is 16.2. The Kier molecular flexibility index (Phi) is 6.37. The van der Waals surface area contributed by atoms with E-state index in [0.29, 0.717) is 23.8 Å². The van der Waals surface area contributed by atoms with Crippen LogP contribution in [0.4, 0.5) is 11.4 Å². The zero-order valence-corrected chi connectivity index (χ0v) is 13.2. The second-order valence-corrected chi connectivity index (χ2v) is 5.76. The van der Waals surface area contributed by atoms with Gasteiger partial charge in [-0.15, -0.1) is 0 Å². The van der Waals surface area contributed by atoms with Gasteiger partial charge in [0, 0.05) is 24.8 Å². The lowest BCUT2D eigenvalue weighted by Crippen LogP contribution is -2.30. The summed E-state index contributed by atoms with van der Waals surface area (Å²) in [5, 5.41) is 5.62. The minimum Gasteiger partial charge on any atom is -0.330 e. The third-order valence-electron chi connectivity index (χ3n) is 3.23. The van der Waals surface area contributed by atoms with E-state index in [-0.39, 0.29) is 17.7 Å². The highest BCUT2D eigenvalue weighted by molar-refractivity contribution is 5.95. The fourth-order valence-electron chi connectivity index (χ4n) is 2.15. The standard InChI is InChI=1S/C16H25N3O2/c1-10(2)7-13(9-17)16(21)19-15-8-14(18-12(4)20)6-5-11(15)3/h5-6,8,10,13H,7,9,17H2,1-4H3,(H,18,20)(H,19,21). The van der Waals surface area contributed by atoms with Gasteiger partial charge in [-0.1, -0.05) is 19.9 Å². The van der Waals surface area contributed by atoms with Crippen LogP contribution in [0, 0.1) is 18.8 Å². The average molecular weight is 291 g/mol. The summed E-state index contributed by atoms with van der Waals surface area (Å²) in [5.41, 5.74) is 8.00. The molecule has 0 bridgehead atoms. The molecule has 5 nitrogen and oxygen atoms in total. The molecule has 1 rings (SSSR count). The fraction of sp³-hybridized carbons (Fsp3) is 0.500. The van der Waals surface area contributed by atoms with Crippen molar-refractivity contribution in [1.82, 2.24) is 0 Å². The summed E-state index contributed by atoms with van der Waals surface area (Å²) in [7, 11) is 0. The molecule has 1 aromatic carbocycles. The molecule has 0 fully saturated rings. The largest absolute Gasteiger partial charge is 0.330 e. The van der Waals surface area contributed by atoms with Crippen molar-refractivity contribution in [3.8, 4) is 0 Å². The van der Waals surface area contributed by atoms with E-state index < -0.39 is 0 Å². The number of benzene rings is 1. The van der Waals surface area contributed by atoms with Gasteiger partial charge in [0.1, 0.15) is 0 Å². The Labute approximate surface area is 126 Å². The van der Waals surface area contributed by atoms with Gasteiger partial charge in [0.2, 0.25) is 11.8 Å².